The fourth-order valence-electron chi connectivity index (χ4n) is 1.50. The fraction of sp³-hybridized carbons (Fsp3) is 0.556. The lowest BCUT2D eigenvalue weighted by molar-refractivity contribution is -0.158. The van der Waals surface area contributed by atoms with Gasteiger partial charge < -0.3 is 9.55 Å². The molecule has 0 N–H and O–H groups in total. The molecule has 1 amide bonds. The normalized spacial score (nSPS) is 26.4. The lowest BCUT2D eigenvalue weighted by atomic mass is 9.89. The predicted molar refractivity (Wildman–Crippen MR) is 54.1 cm³/mol. The van der Waals surface area contributed by atoms with Crippen LogP contribution >= 0.6 is 0 Å². The van der Waals surface area contributed by atoms with E-state index in [1.165, 1.54) is 6.08 Å². The maximum absolute atomic E-state index is 11.6. The van der Waals surface area contributed by atoms with E-state index in [0.29, 0.717) is 13.0 Å². The van der Waals surface area contributed by atoms with Crippen molar-refractivity contribution in [3.8, 4) is 0 Å². The first-order valence-electron chi connectivity index (χ1n) is 4.56. The topological polar surface area (TPSA) is 46.6 Å². The molecular formula is C9H14BNO3. The van der Waals surface area contributed by atoms with Gasteiger partial charge in [-0.2, -0.15) is 0 Å². The van der Waals surface area contributed by atoms with Crippen LogP contribution in [0.15, 0.2) is 12.7 Å². The van der Waals surface area contributed by atoms with Gasteiger partial charge in [0.2, 0.25) is 13.9 Å². The first-order chi connectivity index (χ1) is 6.52. The van der Waals surface area contributed by atoms with Crippen molar-refractivity contribution in [2.24, 2.45) is 5.41 Å². The van der Waals surface area contributed by atoms with E-state index < -0.39 is 11.4 Å². The summed E-state index contributed by atoms with van der Waals surface area (Å²) in [5.41, 5.74) is -0.988. The molecular weight excluding hydrogens is 181 g/mol. The summed E-state index contributed by atoms with van der Waals surface area (Å²) in [6, 6.07) is 0. The summed E-state index contributed by atoms with van der Waals surface area (Å²) in [7, 11) is 1.69. The Hall–Kier alpha value is -1.26. The average Bonchev–Trinajstić information content (AvgIpc) is 2.44. The molecule has 1 aliphatic heterocycles. The molecule has 0 radical (unpaired) electrons. The minimum atomic E-state index is -0.988. The summed E-state index contributed by atoms with van der Waals surface area (Å²) in [5, 5.41) is 0. The molecule has 0 aromatic heterocycles. The number of carbonyl (C=O) groups is 2. The van der Waals surface area contributed by atoms with Crippen LogP contribution in [0, 0.1) is 5.41 Å². The van der Waals surface area contributed by atoms with E-state index in [1.807, 2.05) is 0 Å². The zero-order valence-electron chi connectivity index (χ0n) is 8.58. The molecule has 5 heteroatoms. The molecule has 0 aromatic carbocycles. The molecule has 1 rings (SSSR count). The molecule has 1 fully saturated rings. The van der Waals surface area contributed by atoms with Crippen molar-refractivity contribution in [1.29, 1.82) is 0 Å². The van der Waals surface area contributed by atoms with Crippen molar-refractivity contribution < 1.29 is 14.3 Å². The zero-order valence-corrected chi connectivity index (χ0v) is 8.58. The number of hydrogen-bond donors (Lipinski definition) is 0. The summed E-state index contributed by atoms with van der Waals surface area (Å²) in [5.74, 6) is -0.613. The molecule has 0 saturated carbocycles. The molecule has 14 heavy (non-hydrogen) atoms. The number of carbonyl (C=O) groups excluding carboxylic acids is 2. The van der Waals surface area contributed by atoms with Crippen LogP contribution in [-0.2, 0) is 14.3 Å². The Bertz CT molecular complexity index is 279. The van der Waals surface area contributed by atoms with Crippen molar-refractivity contribution >= 4 is 19.9 Å². The van der Waals surface area contributed by atoms with Crippen molar-refractivity contribution in [2.45, 2.75) is 13.3 Å². The quantitative estimate of drug-likeness (QED) is 0.264. The molecule has 4 nitrogen and oxygen atoms in total. The number of rotatable bonds is 3. The largest absolute Gasteiger partial charge is 0.461 e. The smallest absolute Gasteiger partial charge is 0.321 e. The van der Waals surface area contributed by atoms with Gasteiger partial charge in [0.1, 0.15) is 12.0 Å². The van der Waals surface area contributed by atoms with Crippen LogP contribution in [0.2, 0.25) is 0 Å². The molecule has 1 unspecified atom stereocenters. The van der Waals surface area contributed by atoms with Crippen LogP contribution in [0.4, 0.5) is 0 Å². The van der Waals surface area contributed by atoms with E-state index in [4.69, 9.17) is 4.74 Å². The van der Waals surface area contributed by atoms with Gasteiger partial charge in [0, 0.05) is 6.54 Å². The van der Waals surface area contributed by atoms with E-state index in [1.54, 1.807) is 19.7 Å². The molecule has 1 atom stereocenters. The summed E-state index contributed by atoms with van der Waals surface area (Å²) in [6.07, 6.45) is 2.02. The standard InChI is InChI=1S/C9H14BNO3/c1-3-6-14-8(13)9(2)4-5-11(10)7(9)12/h3H,1,4-6,10H2,2H3. The third-order valence-corrected chi connectivity index (χ3v) is 2.55. The van der Waals surface area contributed by atoms with Gasteiger partial charge in [-0.3, -0.25) is 9.59 Å². The van der Waals surface area contributed by atoms with E-state index in [-0.39, 0.29) is 12.5 Å². The first kappa shape index (κ1) is 10.8. The zero-order chi connectivity index (χ0) is 10.8. The van der Waals surface area contributed by atoms with Crippen LogP contribution < -0.4 is 0 Å². The number of nitrogens with zero attached hydrogens (tertiary/aromatic N) is 1. The minimum Gasteiger partial charge on any atom is -0.461 e. The van der Waals surface area contributed by atoms with Gasteiger partial charge in [-0.1, -0.05) is 12.7 Å². The van der Waals surface area contributed by atoms with Gasteiger partial charge in [0.05, 0.1) is 0 Å². The van der Waals surface area contributed by atoms with Crippen LogP contribution in [0.5, 0.6) is 0 Å². The maximum Gasteiger partial charge on any atom is 0.321 e. The minimum absolute atomic E-state index is 0.158. The molecule has 76 valence electrons. The highest BCUT2D eigenvalue weighted by Gasteiger charge is 2.48. The molecule has 0 bridgehead atoms. The number of hydrogen-bond acceptors (Lipinski definition) is 3. The Kier molecular flexibility index (Phi) is 2.98. The second-order valence-corrected chi connectivity index (χ2v) is 3.70. The summed E-state index contributed by atoms with van der Waals surface area (Å²) >= 11 is 0. The van der Waals surface area contributed by atoms with Crippen molar-refractivity contribution in [2.75, 3.05) is 13.2 Å². The molecule has 0 aromatic rings. The Labute approximate surface area is 84.3 Å². The molecule has 1 saturated heterocycles. The van der Waals surface area contributed by atoms with Gasteiger partial charge in [0.15, 0.2) is 0 Å². The Morgan fingerprint density at radius 1 is 1.86 bits per heavy atom. The maximum atomic E-state index is 11.6. The highest BCUT2D eigenvalue weighted by atomic mass is 16.5. The van der Waals surface area contributed by atoms with Gasteiger partial charge in [0.25, 0.3) is 0 Å². The lowest BCUT2D eigenvalue weighted by Gasteiger charge is -2.19. The molecule has 0 aliphatic carbocycles. The third kappa shape index (κ3) is 1.67. The summed E-state index contributed by atoms with van der Waals surface area (Å²) < 4.78 is 4.89. The monoisotopic (exact) mass is 195 g/mol. The highest BCUT2D eigenvalue weighted by molar-refractivity contribution is 6.20. The summed E-state index contributed by atoms with van der Waals surface area (Å²) in [6.45, 7) is 5.84. The average molecular weight is 195 g/mol. The van der Waals surface area contributed by atoms with Crippen LogP contribution in [0.1, 0.15) is 13.3 Å². The van der Waals surface area contributed by atoms with Crippen molar-refractivity contribution in [3.63, 3.8) is 0 Å². The molecule has 0 spiro atoms. The van der Waals surface area contributed by atoms with Gasteiger partial charge >= 0.3 is 5.97 Å². The van der Waals surface area contributed by atoms with Crippen LogP contribution in [0.25, 0.3) is 0 Å². The van der Waals surface area contributed by atoms with Crippen molar-refractivity contribution in [3.05, 3.63) is 12.7 Å². The third-order valence-electron chi connectivity index (χ3n) is 2.55. The van der Waals surface area contributed by atoms with Crippen LogP contribution in [-0.4, -0.2) is 37.8 Å². The number of ether oxygens (including phenoxy) is 1. The van der Waals surface area contributed by atoms with E-state index in [0.717, 1.165) is 0 Å². The van der Waals surface area contributed by atoms with E-state index in [9.17, 15) is 9.59 Å². The van der Waals surface area contributed by atoms with E-state index >= 15 is 0 Å². The molecule has 1 aliphatic rings. The predicted octanol–water partition coefficient (Wildman–Crippen LogP) is -0.498. The Morgan fingerprint density at radius 2 is 2.50 bits per heavy atom. The second-order valence-electron chi connectivity index (χ2n) is 3.70. The fourth-order valence-corrected chi connectivity index (χ4v) is 1.50. The molecule has 1 heterocycles. The Morgan fingerprint density at radius 3 is 2.93 bits per heavy atom. The SMILES string of the molecule is BN1CCC(C)(C(=O)OCC=C)C1=O. The summed E-state index contributed by atoms with van der Waals surface area (Å²) in [4.78, 5) is 24.7. The van der Waals surface area contributed by atoms with Crippen LogP contribution in [0.3, 0.4) is 0 Å². The second kappa shape index (κ2) is 3.86. The van der Waals surface area contributed by atoms with Gasteiger partial charge in [-0.25, -0.2) is 0 Å². The number of esters is 1. The number of amides is 1. The Balaban J connectivity index is 2.70. The van der Waals surface area contributed by atoms with Gasteiger partial charge in [-0.15, -0.1) is 0 Å². The van der Waals surface area contributed by atoms with E-state index in [2.05, 4.69) is 6.58 Å². The van der Waals surface area contributed by atoms with Crippen molar-refractivity contribution in [1.82, 2.24) is 4.81 Å². The van der Waals surface area contributed by atoms with Gasteiger partial charge in [-0.05, 0) is 13.3 Å². The lowest BCUT2D eigenvalue weighted by Crippen LogP contribution is -2.38. The first-order valence-corrected chi connectivity index (χ1v) is 4.56. The highest BCUT2D eigenvalue weighted by Crippen LogP contribution is 2.31.